The summed E-state index contributed by atoms with van der Waals surface area (Å²) >= 11 is 0. The molecular formula is C17H24N2O4. The number of nitrogens with two attached hydrogens (primary N) is 1. The average Bonchev–Trinajstić information content (AvgIpc) is 2.58. The van der Waals surface area contributed by atoms with Gasteiger partial charge in [0.05, 0.1) is 14.2 Å². The molecule has 23 heavy (non-hydrogen) atoms. The molecule has 6 heteroatoms. The molecule has 0 saturated carbocycles. The number of ether oxygens (including phenoxy) is 2. The van der Waals surface area contributed by atoms with E-state index in [0.29, 0.717) is 13.1 Å². The zero-order valence-electron chi connectivity index (χ0n) is 13.7. The second-order valence-electron chi connectivity index (χ2n) is 5.08. The van der Waals surface area contributed by atoms with Crippen LogP contribution in [-0.4, -0.2) is 43.6 Å². The minimum absolute atomic E-state index is 0.0833. The van der Waals surface area contributed by atoms with Crippen molar-refractivity contribution >= 4 is 11.9 Å². The summed E-state index contributed by atoms with van der Waals surface area (Å²) in [6, 6.07) is 6.72. The van der Waals surface area contributed by atoms with Crippen LogP contribution in [0, 0.1) is 0 Å². The first kappa shape index (κ1) is 18.7. The van der Waals surface area contributed by atoms with E-state index in [2.05, 4.69) is 11.3 Å². The molecule has 1 atom stereocenters. The first-order chi connectivity index (χ1) is 11.0. The summed E-state index contributed by atoms with van der Waals surface area (Å²) in [6.45, 7) is 4.57. The lowest BCUT2D eigenvalue weighted by atomic mass is 10.1. The Labute approximate surface area is 136 Å². The molecule has 0 saturated heterocycles. The van der Waals surface area contributed by atoms with Gasteiger partial charge in [0.2, 0.25) is 5.91 Å². The van der Waals surface area contributed by atoms with Gasteiger partial charge in [-0.3, -0.25) is 9.59 Å². The molecule has 1 rings (SSSR count). The Morgan fingerprint density at radius 1 is 1.30 bits per heavy atom. The number of hydrogen-bond acceptors (Lipinski definition) is 5. The van der Waals surface area contributed by atoms with E-state index in [-0.39, 0.29) is 18.7 Å². The standard InChI is InChI=1S/C17H24N2O4/c1-4-11-19(12-13-5-7-14(22-2)8-6-13)16(20)10-9-15(18)17(21)23-3/h4-8,15H,1,9-12,18H2,2-3H3/t15-/m0/s1. The number of rotatable bonds is 9. The summed E-state index contributed by atoms with van der Waals surface area (Å²) in [4.78, 5) is 25.3. The molecule has 0 unspecified atom stereocenters. The Bertz CT molecular complexity index is 528. The molecule has 6 nitrogen and oxygen atoms in total. The van der Waals surface area contributed by atoms with Crippen molar-refractivity contribution in [3.63, 3.8) is 0 Å². The van der Waals surface area contributed by atoms with Crippen LogP contribution < -0.4 is 10.5 Å². The van der Waals surface area contributed by atoms with Crippen LogP contribution in [0.3, 0.4) is 0 Å². The van der Waals surface area contributed by atoms with E-state index in [0.717, 1.165) is 11.3 Å². The Morgan fingerprint density at radius 3 is 2.48 bits per heavy atom. The number of amides is 1. The van der Waals surface area contributed by atoms with Gasteiger partial charge < -0.3 is 20.1 Å². The van der Waals surface area contributed by atoms with E-state index >= 15 is 0 Å². The quantitative estimate of drug-likeness (QED) is 0.551. The van der Waals surface area contributed by atoms with Gasteiger partial charge in [0.15, 0.2) is 0 Å². The van der Waals surface area contributed by atoms with Crippen LogP contribution in [-0.2, 0) is 20.9 Å². The number of carbonyl (C=O) groups excluding carboxylic acids is 2. The van der Waals surface area contributed by atoms with Crippen molar-refractivity contribution in [3.05, 3.63) is 42.5 Å². The molecule has 0 bridgehead atoms. The van der Waals surface area contributed by atoms with Crippen molar-refractivity contribution in [1.82, 2.24) is 4.90 Å². The van der Waals surface area contributed by atoms with Gasteiger partial charge in [-0.05, 0) is 24.1 Å². The lowest BCUT2D eigenvalue weighted by Gasteiger charge is -2.22. The van der Waals surface area contributed by atoms with Gasteiger partial charge >= 0.3 is 5.97 Å². The molecule has 126 valence electrons. The van der Waals surface area contributed by atoms with Crippen molar-refractivity contribution in [2.24, 2.45) is 5.73 Å². The SMILES string of the molecule is C=CCN(Cc1ccc(OC)cc1)C(=O)CC[C@H](N)C(=O)OC. The fraction of sp³-hybridized carbons (Fsp3) is 0.412. The molecule has 0 aliphatic rings. The highest BCUT2D eigenvalue weighted by Crippen LogP contribution is 2.14. The molecule has 1 aromatic rings. The predicted octanol–water partition coefficient (Wildman–Crippen LogP) is 1.49. The van der Waals surface area contributed by atoms with Crippen LogP contribution >= 0.6 is 0 Å². The van der Waals surface area contributed by atoms with Crippen LogP contribution in [0.4, 0.5) is 0 Å². The third-order valence-corrected chi connectivity index (χ3v) is 3.41. The molecule has 1 aromatic carbocycles. The highest BCUT2D eigenvalue weighted by atomic mass is 16.5. The highest BCUT2D eigenvalue weighted by molar-refractivity contribution is 5.79. The predicted molar refractivity (Wildman–Crippen MR) is 87.8 cm³/mol. The lowest BCUT2D eigenvalue weighted by molar-refractivity contribution is -0.142. The molecule has 0 heterocycles. The van der Waals surface area contributed by atoms with Crippen LogP contribution in [0.1, 0.15) is 18.4 Å². The molecule has 0 aliphatic carbocycles. The van der Waals surface area contributed by atoms with E-state index in [4.69, 9.17) is 10.5 Å². The zero-order chi connectivity index (χ0) is 17.2. The fourth-order valence-corrected chi connectivity index (χ4v) is 2.07. The molecule has 0 fully saturated rings. The number of carbonyl (C=O) groups is 2. The van der Waals surface area contributed by atoms with Gasteiger partial charge in [-0.15, -0.1) is 6.58 Å². The molecule has 0 aliphatic heterocycles. The normalized spacial score (nSPS) is 11.4. The summed E-state index contributed by atoms with van der Waals surface area (Å²) in [7, 11) is 2.88. The van der Waals surface area contributed by atoms with E-state index in [1.807, 2.05) is 24.3 Å². The number of benzene rings is 1. The third kappa shape index (κ3) is 6.12. The number of esters is 1. The zero-order valence-corrected chi connectivity index (χ0v) is 13.7. The minimum Gasteiger partial charge on any atom is -0.497 e. The largest absolute Gasteiger partial charge is 0.497 e. The molecular weight excluding hydrogens is 296 g/mol. The van der Waals surface area contributed by atoms with Crippen molar-refractivity contribution in [1.29, 1.82) is 0 Å². The second kappa shape index (κ2) is 9.63. The lowest BCUT2D eigenvalue weighted by Crippen LogP contribution is -2.35. The molecule has 2 N–H and O–H groups in total. The second-order valence-corrected chi connectivity index (χ2v) is 5.08. The molecule has 1 amide bonds. The van der Waals surface area contributed by atoms with Crippen molar-refractivity contribution in [2.75, 3.05) is 20.8 Å². The van der Waals surface area contributed by atoms with Crippen LogP contribution in [0.2, 0.25) is 0 Å². The number of nitrogens with zero attached hydrogens (tertiary/aromatic N) is 1. The van der Waals surface area contributed by atoms with Gasteiger partial charge in [0.25, 0.3) is 0 Å². The van der Waals surface area contributed by atoms with Crippen molar-refractivity contribution in [3.8, 4) is 5.75 Å². The summed E-state index contributed by atoms with van der Waals surface area (Å²) in [5, 5.41) is 0. The van der Waals surface area contributed by atoms with Crippen molar-refractivity contribution in [2.45, 2.75) is 25.4 Å². The molecule has 0 aromatic heterocycles. The average molecular weight is 320 g/mol. The topological polar surface area (TPSA) is 81.9 Å². The molecule has 0 spiro atoms. The third-order valence-electron chi connectivity index (χ3n) is 3.41. The Balaban J connectivity index is 2.63. The maximum atomic E-state index is 12.3. The Morgan fingerprint density at radius 2 is 1.96 bits per heavy atom. The number of methoxy groups -OCH3 is 2. The van der Waals surface area contributed by atoms with Gasteiger partial charge in [0.1, 0.15) is 11.8 Å². The van der Waals surface area contributed by atoms with Crippen LogP contribution in [0.25, 0.3) is 0 Å². The summed E-state index contributed by atoms with van der Waals surface area (Å²) in [5.74, 6) is 0.169. The van der Waals surface area contributed by atoms with E-state index in [9.17, 15) is 9.59 Å². The first-order valence-corrected chi connectivity index (χ1v) is 7.36. The maximum absolute atomic E-state index is 12.3. The first-order valence-electron chi connectivity index (χ1n) is 7.36. The number of hydrogen-bond donors (Lipinski definition) is 1. The smallest absolute Gasteiger partial charge is 0.322 e. The summed E-state index contributed by atoms with van der Waals surface area (Å²) in [6.07, 6.45) is 2.10. The maximum Gasteiger partial charge on any atom is 0.322 e. The van der Waals surface area contributed by atoms with E-state index < -0.39 is 12.0 Å². The Hall–Kier alpha value is -2.34. The summed E-state index contributed by atoms with van der Waals surface area (Å²) < 4.78 is 9.67. The van der Waals surface area contributed by atoms with Gasteiger partial charge in [-0.25, -0.2) is 0 Å². The minimum atomic E-state index is -0.782. The summed E-state index contributed by atoms with van der Waals surface area (Å²) in [5.41, 5.74) is 6.64. The highest BCUT2D eigenvalue weighted by Gasteiger charge is 2.18. The van der Waals surface area contributed by atoms with Gasteiger partial charge in [-0.2, -0.15) is 0 Å². The fourth-order valence-electron chi connectivity index (χ4n) is 2.07. The van der Waals surface area contributed by atoms with Gasteiger partial charge in [0, 0.05) is 19.5 Å². The van der Waals surface area contributed by atoms with Crippen LogP contribution in [0.15, 0.2) is 36.9 Å². The monoisotopic (exact) mass is 320 g/mol. The van der Waals surface area contributed by atoms with Crippen molar-refractivity contribution < 1.29 is 19.1 Å². The Kier molecular flexibility index (Phi) is 7.83. The van der Waals surface area contributed by atoms with E-state index in [1.165, 1.54) is 7.11 Å². The van der Waals surface area contributed by atoms with E-state index in [1.54, 1.807) is 18.1 Å². The molecule has 0 radical (unpaired) electrons. The van der Waals surface area contributed by atoms with Gasteiger partial charge in [-0.1, -0.05) is 18.2 Å². The van der Waals surface area contributed by atoms with Crippen LogP contribution in [0.5, 0.6) is 5.75 Å².